The molecule has 1 amide bonds. The van der Waals surface area contributed by atoms with Gasteiger partial charge in [-0.2, -0.15) is 23.3 Å². The van der Waals surface area contributed by atoms with Gasteiger partial charge in [-0.05, 0) is 31.0 Å². The molecule has 1 aliphatic heterocycles. The Hall–Kier alpha value is -1.60. The molecule has 2 rings (SSSR count). The van der Waals surface area contributed by atoms with Gasteiger partial charge in [0.25, 0.3) is 11.6 Å². The molecule has 0 bridgehead atoms. The van der Waals surface area contributed by atoms with Gasteiger partial charge in [0, 0.05) is 22.7 Å². The van der Waals surface area contributed by atoms with Crippen LogP contribution in [0.5, 0.6) is 0 Å². The first kappa shape index (κ1) is 16.8. The summed E-state index contributed by atoms with van der Waals surface area (Å²) in [6, 6.07) is 4.12. The Labute approximate surface area is 130 Å². The summed E-state index contributed by atoms with van der Waals surface area (Å²) in [5, 5.41) is 14.0. The quantitative estimate of drug-likeness (QED) is 0.899. The van der Waals surface area contributed by atoms with Gasteiger partial charge in [-0.25, -0.2) is 0 Å². The second kappa shape index (κ2) is 5.55. The Kier molecular flexibility index (Phi) is 4.23. The summed E-state index contributed by atoms with van der Waals surface area (Å²) in [6.45, 7) is 3.30. The van der Waals surface area contributed by atoms with Gasteiger partial charge in [0.05, 0.1) is 0 Å². The molecule has 0 saturated heterocycles. The summed E-state index contributed by atoms with van der Waals surface area (Å²) in [4.78, 5) is 12.3. The van der Waals surface area contributed by atoms with Gasteiger partial charge in [0.2, 0.25) is 0 Å². The Morgan fingerprint density at radius 3 is 2.64 bits per heavy atom. The fraction of sp³-hybridized carbons (Fsp3) is 0.429. The number of hydrogen-bond acceptors (Lipinski definition) is 3. The van der Waals surface area contributed by atoms with Gasteiger partial charge in [-0.1, -0.05) is 24.6 Å². The maximum Gasteiger partial charge on any atom is 0.438 e. The maximum atomic E-state index is 13.2. The molecule has 0 fully saturated rings. The van der Waals surface area contributed by atoms with E-state index in [1.807, 2.05) is 0 Å². The molecule has 1 aromatic carbocycles. The second-order valence-corrected chi connectivity index (χ2v) is 5.50. The molecule has 0 aromatic heterocycles. The van der Waals surface area contributed by atoms with Crippen LogP contribution < -0.4 is 0 Å². The highest BCUT2D eigenvalue weighted by atomic mass is 35.5. The largest absolute Gasteiger partial charge is 0.438 e. The average Bonchev–Trinajstić information content (AvgIpc) is 2.79. The van der Waals surface area contributed by atoms with Crippen LogP contribution in [0.15, 0.2) is 23.3 Å². The topological polar surface area (TPSA) is 52.9 Å². The van der Waals surface area contributed by atoms with E-state index in [1.54, 1.807) is 13.8 Å². The molecule has 0 aliphatic carbocycles. The lowest BCUT2D eigenvalue weighted by Gasteiger charge is -2.32. The van der Waals surface area contributed by atoms with Crippen molar-refractivity contribution < 1.29 is 23.1 Å². The van der Waals surface area contributed by atoms with Crippen LogP contribution in [0.1, 0.15) is 35.7 Å². The Balaban J connectivity index is 2.44. The van der Waals surface area contributed by atoms with E-state index >= 15 is 0 Å². The highest BCUT2D eigenvalue weighted by Crippen LogP contribution is 2.41. The van der Waals surface area contributed by atoms with Crippen LogP contribution in [0, 0.1) is 6.92 Å². The molecule has 0 spiro atoms. The highest BCUT2D eigenvalue weighted by Gasteiger charge is 2.63. The van der Waals surface area contributed by atoms with Crippen molar-refractivity contribution in [1.29, 1.82) is 0 Å². The number of aryl methyl sites for hydroxylation is 1. The number of hydrazone groups is 1. The molecule has 4 nitrogen and oxygen atoms in total. The zero-order valence-corrected chi connectivity index (χ0v) is 12.7. The molecule has 1 atom stereocenters. The predicted octanol–water partition coefficient (Wildman–Crippen LogP) is 3.51. The van der Waals surface area contributed by atoms with Crippen molar-refractivity contribution in [2.45, 2.75) is 38.6 Å². The molecule has 1 aliphatic rings. The minimum Gasteiger partial charge on any atom is -0.362 e. The van der Waals surface area contributed by atoms with Crippen molar-refractivity contribution in [3.63, 3.8) is 0 Å². The molecule has 8 heteroatoms. The molecule has 22 heavy (non-hydrogen) atoms. The monoisotopic (exact) mass is 334 g/mol. The minimum absolute atomic E-state index is 0.0700. The van der Waals surface area contributed by atoms with Crippen molar-refractivity contribution >= 4 is 23.2 Å². The first-order chi connectivity index (χ1) is 10.1. The highest BCUT2D eigenvalue weighted by molar-refractivity contribution is 6.31. The molecule has 1 aromatic rings. The van der Waals surface area contributed by atoms with Crippen molar-refractivity contribution in [1.82, 2.24) is 5.01 Å². The number of nitrogens with zero attached hydrogens (tertiary/aromatic N) is 2. The first-order valence-electron chi connectivity index (χ1n) is 6.56. The summed E-state index contributed by atoms with van der Waals surface area (Å²) in [6.07, 6.45) is -5.56. The fourth-order valence-corrected chi connectivity index (χ4v) is 2.28. The average molecular weight is 335 g/mol. The molecular formula is C14H14ClF3N2O2. The lowest BCUT2D eigenvalue weighted by atomic mass is 10.0. The van der Waals surface area contributed by atoms with Gasteiger partial charge in [-0.3, -0.25) is 4.79 Å². The summed E-state index contributed by atoms with van der Waals surface area (Å²) in [5.41, 5.74) is -2.61. The van der Waals surface area contributed by atoms with Crippen LogP contribution in [0.25, 0.3) is 0 Å². The van der Waals surface area contributed by atoms with Crippen LogP contribution in [0.4, 0.5) is 13.2 Å². The van der Waals surface area contributed by atoms with Crippen LogP contribution in [-0.2, 0) is 0 Å². The van der Waals surface area contributed by atoms with E-state index in [4.69, 9.17) is 11.6 Å². The van der Waals surface area contributed by atoms with Crippen molar-refractivity contribution in [3.8, 4) is 0 Å². The number of carbonyl (C=O) groups excluding carboxylic acids is 1. The van der Waals surface area contributed by atoms with Crippen LogP contribution in [0.3, 0.4) is 0 Å². The number of halogens is 4. The van der Waals surface area contributed by atoms with E-state index in [9.17, 15) is 23.1 Å². The van der Waals surface area contributed by atoms with Crippen LogP contribution >= 0.6 is 11.6 Å². The van der Waals surface area contributed by atoms with E-state index in [1.165, 1.54) is 18.2 Å². The molecule has 120 valence electrons. The van der Waals surface area contributed by atoms with Gasteiger partial charge < -0.3 is 5.11 Å². The lowest BCUT2D eigenvalue weighted by Crippen LogP contribution is -2.56. The van der Waals surface area contributed by atoms with Crippen LogP contribution in [-0.4, -0.2) is 33.6 Å². The van der Waals surface area contributed by atoms with Gasteiger partial charge in [-0.15, -0.1) is 0 Å². The maximum absolute atomic E-state index is 13.2. The van der Waals surface area contributed by atoms with E-state index in [2.05, 4.69) is 5.10 Å². The summed E-state index contributed by atoms with van der Waals surface area (Å²) >= 11 is 5.89. The normalized spacial score (nSPS) is 22.0. The van der Waals surface area contributed by atoms with Crippen molar-refractivity contribution in [3.05, 3.63) is 34.3 Å². The van der Waals surface area contributed by atoms with Crippen molar-refractivity contribution in [2.24, 2.45) is 5.10 Å². The molecule has 0 unspecified atom stereocenters. The third kappa shape index (κ3) is 2.70. The number of alkyl halides is 3. The molecular weight excluding hydrogens is 321 g/mol. The fourth-order valence-electron chi connectivity index (χ4n) is 2.10. The number of aliphatic hydroxyl groups is 1. The minimum atomic E-state index is -5.02. The van der Waals surface area contributed by atoms with Crippen molar-refractivity contribution in [2.75, 3.05) is 0 Å². The van der Waals surface area contributed by atoms with Gasteiger partial charge >= 0.3 is 6.18 Å². The third-order valence-electron chi connectivity index (χ3n) is 3.52. The smallest absolute Gasteiger partial charge is 0.362 e. The number of amides is 1. The summed E-state index contributed by atoms with van der Waals surface area (Å²) in [7, 11) is 0. The standard InChI is InChI=1S/C14H14ClF3N2O2/c1-3-10-7-13(22,14(16,17)18)20(19-10)12(21)9-5-4-8(2)11(15)6-9/h4-6,22H,3,7H2,1-2H3/t13-/m0/s1. The van der Waals surface area contributed by atoms with E-state index < -0.39 is 24.2 Å². The number of hydrogen-bond donors (Lipinski definition) is 1. The van der Waals surface area contributed by atoms with E-state index in [0.29, 0.717) is 5.56 Å². The Bertz CT molecular complexity index is 645. The molecule has 1 N–H and O–H groups in total. The zero-order chi connectivity index (χ0) is 16.7. The molecule has 0 radical (unpaired) electrons. The second-order valence-electron chi connectivity index (χ2n) is 5.09. The number of carbonyl (C=O) groups is 1. The predicted molar refractivity (Wildman–Crippen MR) is 75.7 cm³/mol. The number of benzene rings is 1. The van der Waals surface area contributed by atoms with Crippen LogP contribution in [0.2, 0.25) is 5.02 Å². The SMILES string of the molecule is CCC1=NN(C(=O)c2ccc(C)c(Cl)c2)[C@@](O)(C(F)(F)F)C1. The summed E-state index contributed by atoms with van der Waals surface area (Å²) < 4.78 is 39.5. The zero-order valence-electron chi connectivity index (χ0n) is 11.9. The third-order valence-corrected chi connectivity index (χ3v) is 3.92. The first-order valence-corrected chi connectivity index (χ1v) is 6.94. The van der Waals surface area contributed by atoms with Gasteiger partial charge in [0.1, 0.15) is 0 Å². The van der Waals surface area contributed by atoms with Gasteiger partial charge in [0.15, 0.2) is 0 Å². The van der Waals surface area contributed by atoms with E-state index in [0.717, 1.165) is 0 Å². The molecule has 0 saturated carbocycles. The lowest BCUT2D eigenvalue weighted by molar-refractivity contribution is -0.297. The Morgan fingerprint density at radius 2 is 2.14 bits per heavy atom. The molecule has 1 heterocycles. The van der Waals surface area contributed by atoms with E-state index in [-0.39, 0.29) is 27.7 Å². The summed E-state index contributed by atoms with van der Waals surface area (Å²) in [5.74, 6) is -1.05. The Morgan fingerprint density at radius 1 is 1.50 bits per heavy atom. The number of rotatable bonds is 2.